The molecule has 24 heavy (non-hydrogen) atoms. The predicted molar refractivity (Wildman–Crippen MR) is 80.9 cm³/mol. The number of nitrogens with zero attached hydrogens (tertiary/aromatic N) is 6. The Labute approximate surface area is 140 Å². The van der Waals surface area contributed by atoms with Crippen molar-refractivity contribution in [1.29, 1.82) is 0 Å². The lowest BCUT2D eigenvalue weighted by Gasteiger charge is -2.30. The van der Waals surface area contributed by atoms with Crippen molar-refractivity contribution in [2.75, 3.05) is 6.54 Å². The molecule has 0 amide bonds. The Kier molecular flexibility index (Phi) is 7.84. The second-order valence-corrected chi connectivity index (χ2v) is 6.39. The van der Waals surface area contributed by atoms with Crippen LogP contribution >= 0.6 is 0 Å². The summed E-state index contributed by atoms with van der Waals surface area (Å²) in [5, 5.41) is 25.2. The maximum Gasteiger partial charge on any atom is 0.373 e. The Bertz CT molecular complexity index is 528. The summed E-state index contributed by atoms with van der Waals surface area (Å²) in [6.45, 7) is 6.93. The summed E-state index contributed by atoms with van der Waals surface area (Å²) in [6, 6.07) is 0. The normalized spacial score (nSPS) is 15.4. The van der Waals surface area contributed by atoms with Crippen LogP contribution in [0.3, 0.4) is 0 Å². The summed E-state index contributed by atoms with van der Waals surface area (Å²) in [4.78, 5) is 22.2. The number of carbonyl (C=O) groups excluding carboxylic acids is 2. The Morgan fingerprint density at radius 2 is 2.04 bits per heavy atom. The molecule has 1 saturated carbocycles. The van der Waals surface area contributed by atoms with Gasteiger partial charge in [-0.05, 0) is 46.5 Å². The molecule has 0 unspecified atom stereocenters. The fourth-order valence-electron chi connectivity index (χ4n) is 2.37. The number of hydrogen-bond donors (Lipinski definition) is 0. The SMILES string of the molecule is CC(C)(C)N(CCn1ccnn1)/[N+]([O-])=N/OC1CCCC1.O=C=O. The average molecular weight is 340 g/mol. The first-order valence-electron chi connectivity index (χ1n) is 7.83. The summed E-state index contributed by atoms with van der Waals surface area (Å²) in [6.07, 6.45) is 7.96. The van der Waals surface area contributed by atoms with Gasteiger partial charge in [0.25, 0.3) is 0 Å². The second-order valence-electron chi connectivity index (χ2n) is 6.39. The molecule has 1 heterocycles. The quantitative estimate of drug-likeness (QED) is 0.438. The molecule has 0 N–H and O–H groups in total. The monoisotopic (exact) mass is 340 g/mol. The molecule has 10 heteroatoms. The van der Waals surface area contributed by atoms with Crippen molar-refractivity contribution >= 4 is 6.15 Å². The molecule has 0 atom stereocenters. The number of hydrazine groups is 1. The highest BCUT2D eigenvalue weighted by Crippen LogP contribution is 2.21. The van der Waals surface area contributed by atoms with Gasteiger partial charge in [-0.3, -0.25) is 4.68 Å². The molecule has 1 aliphatic rings. The van der Waals surface area contributed by atoms with Crippen molar-refractivity contribution < 1.29 is 19.4 Å². The number of aromatic nitrogens is 3. The summed E-state index contributed by atoms with van der Waals surface area (Å²) in [7, 11) is 0. The molecule has 0 aliphatic heterocycles. The highest BCUT2D eigenvalue weighted by atomic mass is 16.7. The minimum absolute atomic E-state index is 0.0820. The Morgan fingerprint density at radius 1 is 1.42 bits per heavy atom. The van der Waals surface area contributed by atoms with Crippen LogP contribution < -0.4 is 0 Å². The van der Waals surface area contributed by atoms with E-state index in [1.807, 2.05) is 20.8 Å². The minimum atomic E-state index is -0.356. The zero-order valence-corrected chi connectivity index (χ0v) is 14.3. The second kappa shape index (κ2) is 9.61. The lowest BCUT2D eigenvalue weighted by Crippen LogP contribution is -2.47. The van der Waals surface area contributed by atoms with Gasteiger partial charge in [0.1, 0.15) is 6.10 Å². The van der Waals surface area contributed by atoms with Gasteiger partial charge in [0.05, 0.1) is 29.8 Å². The van der Waals surface area contributed by atoms with Gasteiger partial charge in [0.2, 0.25) is 5.28 Å². The first kappa shape index (κ1) is 19.6. The molecule has 0 radical (unpaired) electrons. The van der Waals surface area contributed by atoms with Crippen molar-refractivity contribution in [2.24, 2.45) is 5.28 Å². The van der Waals surface area contributed by atoms with Crippen LogP contribution in [0.2, 0.25) is 0 Å². The van der Waals surface area contributed by atoms with Crippen LogP contribution in [-0.4, -0.2) is 49.3 Å². The maximum absolute atomic E-state index is 12.2. The van der Waals surface area contributed by atoms with Gasteiger partial charge in [-0.1, -0.05) is 5.21 Å². The molecule has 0 aromatic carbocycles. The van der Waals surface area contributed by atoms with E-state index < -0.39 is 0 Å². The largest absolute Gasteiger partial charge is 0.569 e. The molecule has 1 aliphatic carbocycles. The Balaban J connectivity index is 0.000000891. The lowest BCUT2D eigenvalue weighted by molar-refractivity contribution is -0.726. The predicted octanol–water partition coefficient (Wildman–Crippen LogP) is 1.55. The summed E-state index contributed by atoms with van der Waals surface area (Å²) in [5.41, 5.74) is -0.356. The van der Waals surface area contributed by atoms with Gasteiger partial charge < -0.3 is 10.0 Å². The summed E-state index contributed by atoms with van der Waals surface area (Å²) < 4.78 is 1.68. The van der Waals surface area contributed by atoms with Crippen molar-refractivity contribution in [3.63, 3.8) is 0 Å². The van der Waals surface area contributed by atoms with Gasteiger partial charge in [0.15, 0.2) is 0 Å². The van der Waals surface area contributed by atoms with Crippen molar-refractivity contribution in [1.82, 2.24) is 20.0 Å². The van der Waals surface area contributed by atoms with Crippen LogP contribution in [0.1, 0.15) is 46.5 Å². The van der Waals surface area contributed by atoms with E-state index in [0.29, 0.717) is 18.1 Å². The molecule has 2 rings (SSSR count). The molecule has 0 saturated heterocycles. The topological polar surface area (TPSA) is 116 Å². The maximum atomic E-state index is 12.2. The van der Waals surface area contributed by atoms with Crippen molar-refractivity contribution in [2.45, 2.75) is 64.6 Å². The molecule has 0 bridgehead atoms. The fourth-order valence-corrected chi connectivity index (χ4v) is 2.37. The van der Waals surface area contributed by atoms with Crippen molar-refractivity contribution in [3.05, 3.63) is 17.6 Å². The molecule has 10 nitrogen and oxygen atoms in total. The van der Waals surface area contributed by atoms with Gasteiger partial charge >= 0.3 is 6.15 Å². The number of rotatable bonds is 6. The molecule has 0 spiro atoms. The first-order chi connectivity index (χ1) is 11.4. The van der Waals surface area contributed by atoms with Crippen LogP contribution in [0, 0.1) is 5.21 Å². The van der Waals surface area contributed by atoms with E-state index >= 15 is 0 Å². The molecular weight excluding hydrogens is 316 g/mol. The van der Waals surface area contributed by atoms with Crippen molar-refractivity contribution in [3.8, 4) is 0 Å². The third kappa shape index (κ3) is 6.74. The lowest BCUT2D eigenvalue weighted by atomic mass is 10.1. The highest BCUT2D eigenvalue weighted by Gasteiger charge is 2.29. The molecule has 1 aromatic heterocycles. The van der Waals surface area contributed by atoms with Crippen LogP contribution in [0.4, 0.5) is 0 Å². The molecule has 134 valence electrons. The third-order valence-corrected chi connectivity index (χ3v) is 3.56. The van der Waals surface area contributed by atoms with Gasteiger partial charge in [-0.2, -0.15) is 9.59 Å². The summed E-state index contributed by atoms with van der Waals surface area (Å²) >= 11 is 0. The third-order valence-electron chi connectivity index (χ3n) is 3.56. The van der Waals surface area contributed by atoms with E-state index in [1.54, 1.807) is 22.1 Å². The van der Waals surface area contributed by atoms with E-state index in [0.717, 1.165) is 25.7 Å². The summed E-state index contributed by atoms with van der Waals surface area (Å²) in [5.74, 6) is 0. The van der Waals surface area contributed by atoms with E-state index in [4.69, 9.17) is 14.4 Å². The Morgan fingerprint density at radius 3 is 2.54 bits per heavy atom. The highest BCUT2D eigenvalue weighted by molar-refractivity contribution is 5.20. The van der Waals surface area contributed by atoms with E-state index in [-0.39, 0.29) is 17.8 Å². The minimum Gasteiger partial charge on any atom is -0.569 e. The first-order valence-corrected chi connectivity index (χ1v) is 7.83. The Hall–Kier alpha value is -2.48. The average Bonchev–Trinajstić information content (AvgIpc) is 3.18. The molecule has 1 aromatic rings. The number of hydrogen-bond acceptors (Lipinski definition) is 7. The standard InChI is InChI=1S/C13H24N6O2.CO2/c1-13(2,3)18(11-10-17-9-8-14-15-17)19(20)16-21-12-6-4-5-7-12;2-1-3/h8-9,12H,4-7,10-11H2,1-3H3;/b19-16-;. The fraction of sp³-hybridized carbons (Fsp3) is 0.786. The van der Waals surface area contributed by atoms with E-state index in [1.165, 1.54) is 0 Å². The smallest absolute Gasteiger partial charge is 0.373 e. The van der Waals surface area contributed by atoms with Crippen LogP contribution in [0.25, 0.3) is 0 Å². The van der Waals surface area contributed by atoms with Crippen LogP contribution in [-0.2, 0) is 21.0 Å². The zero-order chi connectivity index (χ0) is 18.0. The van der Waals surface area contributed by atoms with Crippen LogP contribution in [0.5, 0.6) is 0 Å². The van der Waals surface area contributed by atoms with E-state index in [2.05, 4.69) is 15.6 Å². The van der Waals surface area contributed by atoms with Crippen LogP contribution in [0.15, 0.2) is 17.7 Å². The van der Waals surface area contributed by atoms with Gasteiger partial charge in [-0.25, -0.2) is 0 Å². The zero-order valence-electron chi connectivity index (χ0n) is 14.3. The van der Waals surface area contributed by atoms with Gasteiger partial charge in [-0.15, -0.1) is 10.1 Å². The molecular formula is C14H24N6O4. The van der Waals surface area contributed by atoms with Gasteiger partial charge in [0, 0.05) is 6.20 Å². The van der Waals surface area contributed by atoms with E-state index in [9.17, 15) is 5.21 Å². The molecule has 1 fully saturated rings.